The first-order chi connectivity index (χ1) is 8.61. The van der Waals surface area contributed by atoms with Crippen LogP contribution in [0.5, 0.6) is 0 Å². The maximum absolute atomic E-state index is 10.9. The third-order valence-corrected chi connectivity index (χ3v) is 2.39. The molecule has 90 valence electrons. The molecule has 0 radical (unpaired) electrons. The highest BCUT2D eigenvalue weighted by atomic mass is 16.6. The minimum Gasteiger partial charge on any atom is -0.264 e. The molecule has 2 aromatic rings. The number of nitrogens with zero attached hydrogens (tertiary/aromatic N) is 3. The van der Waals surface area contributed by atoms with Gasteiger partial charge in [-0.3, -0.25) is 25.2 Å². The van der Waals surface area contributed by atoms with Gasteiger partial charge in [-0.05, 0) is 6.07 Å². The van der Waals surface area contributed by atoms with Crippen LogP contribution in [0, 0.1) is 20.2 Å². The number of benzene rings is 1. The lowest BCUT2D eigenvalue weighted by atomic mass is 10.0. The van der Waals surface area contributed by atoms with E-state index in [1.54, 1.807) is 6.07 Å². The van der Waals surface area contributed by atoms with E-state index in [0.29, 0.717) is 0 Å². The zero-order valence-electron chi connectivity index (χ0n) is 9.02. The maximum Gasteiger partial charge on any atom is 0.280 e. The van der Waals surface area contributed by atoms with Crippen molar-refractivity contribution in [2.75, 3.05) is 0 Å². The molecule has 0 bridgehead atoms. The van der Waals surface area contributed by atoms with Crippen molar-refractivity contribution in [1.29, 1.82) is 0 Å². The van der Waals surface area contributed by atoms with Gasteiger partial charge in [0, 0.05) is 24.5 Å². The van der Waals surface area contributed by atoms with Crippen LogP contribution in [0.1, 0.15) is 0 Å². The fourth-order valence-electron chi connectivity index (χ4n) is 1.61. The van der Waals surface area contributed by atoms with Gasteiger partial charge in [0.1, 0.15) is 0 Å². The van der Waals surface area contributed by atoms with Crippen molar-refractivity contribution in [3.05, 3.63) is 63.0 Å². The van der Waals surface area contributed by atoms with Crippen LogP contribution in [0.3, 0.4) is 0 Å². The number of hydrogen-bond donors (Lipinski definition) is 0. The lowest BCUT2D eigenvalue weighted by molar-refractivity contribution is -0.386. The number of nitro groups is 2. The lowest BCUT2D eigenvalue weighted by Crippen LogP contribution is -1.96. The van der Waals surface area contributed by atoms with E-state index in [4.69, 9.17) is 0 Å². The largest absolute Gasteiger partial charge is 0.280 e. The van der Waals surface area contributed by atoms with Gasteiger partial charge in [0.05, 0.1) is 21.0 Å². The standard InChI is InChI=1S/C11H7N3O4/c15-13(16)10-4-2-1-3-8(10)9-7-12-6-5-11(9)14(17)18/h1-7H. The molecule has 1 heterocycles. The van der Waals surface area contributed by atoms with E-state index in [1.807, 2.05) is 0 Å². The second-order valence-corrected chi connectivity index (χ2v) is 3.42. The van der Waals surface area contributed by atoms with Gasteiger partial charge in [0.15, 0.2) is 0 Å². The zero-order valence-corrected chi connectivity index (χ0v) is 9.02. The summed E-state index contributed by atoms with van der Waals surface area (Å²) < 4.78 is 0. The average molecular weight is 245 g/mol. The normalized spacial score (nSPS) is 10.0. The Morgan fingerprint density at radius 3 is 2.17 bits per heavy atom. The van der Waals surface area contributed by atoms with E-state index in [2.05, 4.69) is 4.98 Å². The molecule has 0 spiro atoms. The Bertz CT molecular complexity index is 572. The third-order valence-electron chi connectivity index (χ3n) is 2.39. The van der Waals surface area contributed by atoms with Gasteiger partial charge in [0.25, 0.3) is 11.4 Å². The van der Waals surface area contributed by atoms with Gasteiger partial charge in [-0.2, -0.15) is 0 Å². The summed E-state index contributed by atoms with van der Waals surface area (Å²) in [4.78, 5) is 24.4. The number of nitro benzene ring substituents is 1. The predicted molar refractivity (Wildman–Crippen MR) is 63.0 cm³/mol. The summed E-state index contributed by atoms with van der Waals surface area (Å²) in [6, 6.07) is 7.06. The van der Waals surface area contributed by atoms with Gasteiger partial charge < -0.3 is 0 Å². The molecular weight excluding hydrogens is 238 g/mol. The molecule has 0 aliphatic rings. The van der Waals surface area contributed by atoms with E-state index in [1.165, 1.54) is 36.7 Å². The van der Waals surface area contributed by atoms with E-state index >= 15 is 0 Å². The molecule has 1 aromatic carbocycles. The number of para-hydroxylation sites is 1. The third kappa shape index (κ3) is 2.01. The molecule has 0 atom stereocenters. The molecule has 7 nitrogen and oxygen atoms in total. The number of hydrogen-bond acceptors (Lipinski definition) is 5. The van der Waals surface area contributed by atoms with Crippen molar-refractivity contribution in [2.45, 2.75) is 0 Å². The molecule has 2 rings (SSSR count). The first-order valence-electron chi connectivity index (χ1n) is 4.93. The number of rotatable bonds is 3. The van der Waals surface area contributed by atoms with Gasteiger partial charge in [-0.1, -0.05) is 12.1 Å². The summed E-state index contributed by atoms with van der Waals surface area (Å²) in [6.07, 6.45) is 2.52. The number of aromatic nitrogens is 1. The molecule has 0 aliphatic carbocycles. The minimum absolute atomic E-state index is 0.134. The van der Waals surface area contributed by atoms with Crippen molar-refractivity contribution in [1.82, 2.24) is 4.98 Å². The molecule has 0 amide bonds. The van der Waals surface area contributed by atoms with Crippen LogP contribution in [-0.2, 0) is 0 Å². The second kappa shape index (κ2) is 4.58. The summed E-state index contributed by atoms with van der Waals surface area (Å²) in [6.45, 7) is 0. The summed E-state index contributed by atoms with van der Waals surface area (Å²) in [5, 5.41) is 21.8. The van der Waals surface area contributed by atoms with E-state index < -0.39 is 9.85 Å². The highest BCUT2D eigenvalue weighted by Gasteiger charge is 2.22. The Morgan fingerprint density at radius 2 is 1.50 bits per heavy atom. The van der Waals surface area contributed by atoms with Crippen LogP contribution in [-0.4, -0.2) is 14.8 Å². The predicted octanol–water partition coefficient (Wildman–Crippen LogP) is 2.57. The van der Waals surface area contributed by atoms with Gasteiger partial charge in [-0.15, -0.1) is 0 Å². The molecule has 7 heteroatoms. The van der Waals surface area contributed by atoms with Crippen LogP contribution in [0.15, 0.2) is 42.7 Å². The smallest absolute Gasteiger partial charge is 0.264 e. The van der Waals surface area contributed by atoms with Crippen molar-refractivity contribution >= 4 is 11.4 Å². The molecule has 0 N–H and O–H groups in total. The first-order valence-corrected chi connectivity index (χ1v) is 4.93. The van der Waals surface area contributed by atoms with Gasteiger partial charge in [0.2, 0.25) is 0 Å². The minimum atomic E-state index is -0.590. The van der Waals surface area contributed by atoms with E-state index in [0.717, 1.165) is 0 Å². The fourth-order valence-corrected chi connectivity index (χ4v) is 1.61. The van der Waals surface area contributed by atoms with Crippen LogP contribution in [0.2, 0.25) is 0 Å². The van der Waals surface area contributed by atoms with Crippen LogP contribution in [0.4, 0.5) is 11.4 Å². The van der Waals surface area contributed by atoms with E-state index in [9.17, 15) is 20.2 Å². The van der Waals surface area contributed by atoms with Crippen molar-refractivity contribution < 1.29 is 9.85 Å². The average Bonchev–Trinajstić information content (AvgIpc) is 2.38. The molecule has 0 aliphatic heterocycles. The molecule has 0 saturated heterocycles. The highest BCUT2D eigenvalue weighted by Crippen LogP contribution is 2.34. The highest BCUT2D eigenvalue weighted by molar-refractivity contribution is 5.79. The SMILES string of the molecule is O=[N+]([O-])c1ccccc1-c1cnccc1[N+](=O)[O-]. The van der Waals surface area contributed by atoms with E-state index in [-0.39, 0.29) is 22.5 Å². The number of pyridine rings is 1. The Kier molecular flexibility index (Phi) is 2.96. The Hall–Kier alpha value is -2.83. The topological polar surface area (TPSA) is 99.2 Å². The van der Waals surface area contributed by atoms with Crippen LogP contribution >= 0.6 is 0 Å². The van der Waals surface area contributed by atoms with Crippen LogP contribution in [0.25, 0.3) is 11.1 Å². The Labute approximate surface area is 101 Å². The molecule has 0 unspecified atom stereocenters. The molecule has 1 aromatic heterocycles. The summed E-state index contributed by atoms with van der Waals surface area (Å²) in [5.74, 6) is 0. The molecule has 0 saturated carbocycles. The van der Waals surface area contributed by atoms with Gasteiger partial charge in [-0.25, -0.2) is 0 Å². The maximum atomic E-state index is 10.9. The summed E-state index contributed by atoms with van der Waals surface area (Å²) in [5.41, 5.74) is -0.0787. The lowest BCUT2D eigenvalue weighted by Gasteiger charge is -2.03. The fraction of sp³-hybridized carbons (Fsp3) is 0. The zero-order chi connectivity index (χ0) is 13.1. The van der Waals surface area contributed by atoms with Crippen molar-refractivity contribution in [2.24, 2.45) is 0 Å². The van der Waals surface area contributed by atoms with Gasteiger partial charge >= 0.3 is 0 Å². The molecule has 18 heavy (non-hydrogen) atoms. The Balaban J connectivity index is 2.70. The van der Waals surface area contributed by atoms with Crippen molar-refractivity contribution in [3.8, 4) is 11.1 Å². The summed E-state index contributed by atoms with van der Waals surface area (Å²) in [7, 11) is 0. The first kappa shape index (κ1) is 11.6. The Morgan fingerprint density at radius 1 is 0.889 bits per heavy atom. The summed E-state index contributed by atoms with van der Waals surface area (Å²) >= 11 is 0. The monoisotopic (exact) mass is 245 g/mol. The van der Waals surface area contributed by atoms with Crippen molar-refractivity contribution in [3.63, 3.8) is 0 Å². The molecular formula is C11H7N3O4. The second-order valence-electron chi connectivity index (χ2n) is 3.42. The quantitative estimate of drug-likeness (QED) is 0.611. The molecule has 0 fully saturated rings. The van der Waals surface area contributed by atoms with Crippen LogP contribution < -0.4 is 0 Å².